The quantitative estimate of drug-likeness (QED) is 0.482. The van der Waals surface area contributed by atoms with Crippen molar-refractivity contribution >= 4 is 22.7 Å². The third-order valence-electron chi connectivity index (χ3n) is 5.93. The number of aryl methyl sites for hydroxylation is 1. The summed E-state index contributed by atoms with van der Waals surface area (Å²) in [5, 5.41) is 1.34. The molecule has 0 radical (unpaired) electrons. The van der Waals surface area contributed by atoms with Gasteiger partial charge in [0.1, 0.15) is 0 Å². The van der Waals surface area contributed by atoms with Crippen LogP contribution in [0.25, 0.3) is 22.7 Å². The molecule has 2 aliphatic rings. The molecule has 5 rings (SSSR count). The summed E-state index contributed by atoms with van der Waals surface area (Å²) in [6.45, 7) is 4.55. The molecule has 0 fully saturated rings. The van der Waals surface area contributed by atoms with E-state index in [0.717, 1.165) is 0 Å². The second-order valence-corrected chi connectivity index (χ2v) is 11.4. The third kappa shape index (κ3) is 4.07. The van der Waals surface area contributed by atoms with Gasteiger partial charge in [0.15, 0.2) is 0 Å². The van der Waals surface area contributed by atoms with Crippen LogP contribution in [0.15, 0.2) is 75.6 Å². The molecule has 152 valence electrons. The number of allylic oxidation sites excluding steroid dienone is 5. The van der Waals surface area contributed by atoms with E-state index in [1.54, 1.807) is 14.4 Å². The molecule has 1 nitrogen and oxygen atoms in total. The molecule has 1 heterocycles. The fourth-order valence-corrected chi connectivity index (χ4v) is 8.99. The van der Waals surface area contributed by atoms with Crippen molar-refractivity contribution in [2.24, 2.45) is 0 Å². The molecular formula is C26H25Cl2NZr. The molecule has 0 spiro atoms. The Morgan fingerprint density at radius 3 is 2.63 bits per heavy atom. The van der Waals surface area contributed by atoms with Crippen molar-refractivity contribution in [1.29, 1.82) is 0 Å². The molecular weight excluding hydrogens is 488 g/mol. The first-order valence-corrected chi connectivity index (χ1v) is 12.9. The van der Waals surface area contributed by atoms with Crippen molar-refractivity contribution in [3.05, 3.63) is 92.4 Å². The maximum atomic E-state index is 2.53. The van der Waals surface area contributed by atoms with Crippen LogP contribution in [0, 0.1) is 6.92 Å². The number of aromatic nitrogens is 1. The number of rotatable bonds is 5. The number of fused-ring (bicyclic) bond motifs is 2. The number of para-hydroxylation sites is 1. The van der Waals surface area contributed by atoms with Crippen molar-refractivity contribution in [2.75, 3.05) is 0 Å². The predicted octanol–water partition coefficient (Wildman–Crippen LogP) is 1.11. The number of hydrogen-bond donors (Lipinski definition) is 0. The Balaban J connectivity index is 0.00000128. The summed E-state index contributed by atoms with van der Waals surface area (Å²) in [7, 11) is 0. The summed E-state index contributed by atoms with van der Waals surface area (Å²) in [5.41, 5.74) is 8.81. The SMILES string of the molecule is CCCC1=[C]([Zr+2][CH]2C(n3c(C)cc4ccccc43)=Cc3ccccc32)CC=C1.[Cl-].[Cl-]. The first-order valence-electron chi connectivity index (χ1n) is 10.3. The zero-order chi connectivity index (χ0) is 19.1. The largest absolute Gasteiger partial charge is 1.00 e. The van der Waals surface area contributed by atoms with E-state index >= 15 is 0 Å². The van der Waals surface area contributed by atoms with Crippen LogP contribution in [0.5, 0.6) is 0 Å². The first kappa shape index (κ1) is 23.3. The van der Waals surface area contributed by atoms with E-state index in [0.29, 0.717) is 3.63 Å². The standard InChI is InChI=1S/C18H14N.C8H11.2ClH.Zr/c1-13-10-16-8-4-5-9-18(16)19(13)17-11-14-6-2-3-7-15(14)12-17;1-2-5-8-6-3-4-7-8;;;/h2-12H,1H3;3,6H,2,4-5H2,1H3;2*1H;/q;;;;+2/p-2. The molecule has 2 aromatic carbocycles. The average molecular weight is 514 g/mol. The number of nitrogens with zero attached hydrogens (tertiary/aromatic N) is 1. The van der Waals surface area contributed by atoms with Crippen molar-refractivity contribution in [1.82, 2.24) is 4.57 Å². The van der Waals surface area contributed by atoms with Gasteiger partial charge in [-0.05, 0) is 0 Å². The fourth-order valence-electron chi connectivity index (χ4n) is 4.67. The van der Waals surface area contributed by atoms with Gasteiger partial charge < -0.3 is 24.8 Å². The van der Waals surface area contributed by atoms with Gasteiger partial charge in [0.05, 0.1) is 0 Å². The number of hydrogen-bond acceptors (Lipinski definition) is 0. The normalized spacial score (nSPS) is 16.7. The summed E-state index contributed by atoms with van der Waals surface area (Å²) >= 11 is -0.785. The van der Waals surface area contributed by atoms with Crippen LogP contribution in [0.2, 0.25) is 0 Å². The second kappa shape index (κ2) is 9.86. The first-order chi connectivity index (χ1) is 13.8. The van der Waals surface area contributed by atoms with E-state index in [9.17, 15) is 0 Å². The predicted molar refractivity (Wildman–Crippen MR) is 116 cm³/mol. The molecule has 4 heteroatoms. The summed E-state index contributed by atoms with van der Waals surface area (Å²) in [6.07, 6.45) is 10.9. The molecule has 0 aliphatic heterocycles. The third-order valence-corrected chi connectivity index (χ3v) is 10.3. The van der Waals surface area contributed by atoms with Gasteiger partial charge in [-0.25, -0.2) is 0 Å². The summed E-state index contributed by atoms with van der Waals surface area (Å²) in [6, 6.07) is 20.2. The van der Waals surface area contributed by atoms with Gasteiger partial charge in [-0.2, -0.15) is 0 Å². The monoisotopic (exact) mass is 511 g/mol. The molecule has 0 saturated heterocycles. The van der Waals surface area contributed by atoms with Crippen molar-refractivity contribution in [3.8, 4) is 0 Å². The molecule has 3 aromatic rings. The molecule has 30 heavy (non-hydrogen) atoms. The second-order valence-electron chi connectivity index (χ2n) is 7.82. The van der Waals surface area contributed by atoms with Gasteiger partial charge in [-0.15, -0.1) is 0 Å². The molecule has 0 N–H and O–H groups in total. The van der Waals surface area contributed by atoms with Crippen molar-refractivity contribution in [3.63, 3.8) is 0 Å². The molecule has 1 unspecified atom stereocenters. The summed E-state index contributed by atoms with van der Waals surface area (Å²) in [5.74, 6) is 0. The summed E-state index contributed by atoms with van der Waals surface area (Å²) < 4.78 is 4.92. The Hall–Kier alpha value is -1.34. The van der Waals surface area contributed by atoms with Crippen LogP contribution in [-0.2, 0) is 23.2 Å². The Morgan fingerprint density at radius 1 is 1.03 bits per heavy atom. The smallest absolute Gasteiger partial charge is 1.00 e. The Kier molecular flexibility index (Phi) is 7.67. The summed E-state index contributed by atoms with van der Waals surface area (Å²) in [4.78, 5) is 0. The van der Waals surface area contributed by atoms with Gasteiger partial charge in [0, 0.05) is 0 Å². The van der Waals surface area contributed by atoms with Gasteiger partial charge in [0.2, 0.25) is 0 Å². The molecule has 0 saturated carbocycles. The Morgan fingerprint density at radius 2 is 1.80 bits per heavy atom. The Bertz CT molecular complexity index is 1150. The van der Waals surface area contributed by atoms with E-state index in [1.165, 1.54) is 47.1 Å². The van der Waals surface area contributed by atoms with E-state index in [1.807, 2.05) is 0 Å². The van der Waals surface area contributed by atoms with Crippen LogP contribution >= 0.6 is 0 Å². The molecule has 0 bridgehead atoms. The number of benzene rings is 2. The molecule has 1 aromatic heterocycles. The zero-order valence-electron chi connectivity index (χ0n) is 17.3. The minimum Gasteiger partial charge on any atom is -1.00 e. The van der Waals surface area contributed by atoms with Crippen LogP contribution in [0.3, 0.4) is 0 Å². The van der Waals surface area contributed by atoms with Crippen molar-refractivity contribution in [2.45, 2.75) is 36.7 Å². The van der Waals surface area contributed by atoms with E-state index in [4.69, 9.17) is 0 Å². The van der Waals surface area contributed by atoms with Crippen molar-refractivity contribution < 1.29 is 48.0 Å². The van der Waals surface area contributed by atoms with E-state index in [-0.39, 0.29) is 24.8 Å². The van der Waals surface area contributed by atoms with E-state index < -0.39 is 23.2 Å². The van der Waals surface area contributed by atoms with E-state index in [2.05, 4.69) is 91.2 Å². The fraction of sp³-hybridized carbons (Fsp3) is 0.231. The van der Waals surface area contributed by atoms with Crippen LogP contribution < -0.4 is 24.8 Å². The van der Waals surface area contributed by atoms with Gasteiger partial charge in [0.25, 0.3) is 0 Å². The average Bonchev–Trinajstić information content (AvgIpc) is 3.38. The maximum Gasteiger partial charge on any atom is -1.00 e. The minimum atomic E-state index is -0.785. The number of halogens is 2. The zero-order valence-corrected chi connectivity index (χ0v) is 21.3. The molecule has 1 atom stereocenters. The van der Waals surface area contributed by atoms with Crippen LogP contribution in [-0.4, -0.2) is 4.57 Å². The topological polar surface area (TPSA) is 4.93 Å². The minimum absolute atomic E-state index is 0. The Labute approximate surface area is 203 Å². The maximum absolute atomic E-state index is 2.53. The van der Waals surface area contributed by atoms with Gasteiger partial charge >= 0.3 is 180 Å². The van der Waals surface area contributed by atoms with Gasteiger partial charge in [-0.1, -0.05) is 0 Å². The van der Waals surface area contributed by atoms with Crippen LogP contribution in [0.4, 0.5) is 0 Å². The molecule has 0 amide bonds. The van der Waals surface area contributed by atoms with Crippen LogP contribution in [0.1, 0.15) is 46.6 Å². The van der Waals surface area contributed by atoms with Gasteiger partial charge in [-0.3, -0.25) is 0 Å². The molecule has 2 aliphatic carbocycles.